The molecule has 3 rings (SSSR count). The van der Waals surface area contributed by atoms with E-state index >= 15 is 0 Å². The second-order valence-electron chi connectivity index (χ2n) is 8.10. The molecule has 0 radical (unpaired) electrons. The first-order valence-corrected chi connectivity index (χ1v) is 10.9. The largest absolute Gasteiger partial charge is 0.416 e. The quantitative estimate of drug-likeness (QED) is 0.527. The molecule has 2 aromatic heterocycles. The van der Waals surface area contributed by atoms with Crippen molar-refractivity contribution in [3.63, 3.8) is 0 Å². The molecule has 0 aliphatic heterocycles. The van der Waals surface area contributed by atoms with E-state index in [1.165, 1.54) is 33.0 Å². The van der Waals surface area contributed by atoms with Crippen molar-refractivity contribution in [2.24, 2.45) is 0 Å². The summed E-state index contributed by atoms with van der Waals surface area (Å²) in [7, 11) is -4.04. The smallest absolute Gasteiger partial charge is 0.338 e. The number of alkyl halides is 3. The van der Waals surface area contributed by atoms with Gasteiger partial charge in [0.15, 0.2) is 9.84 Å². The number of benzene rings is 1. The number of sulfone groups is 1. The predicted octanol–water partition coefficient (Wildman–Crippen LogP) is 5.16. The Labute approximate surface area is 183 Å². The predicted molar refractivity (Wildman–Crippen MR) is 113 cm³/mol. The zero-order valence-electron chi connectivity index (χ0n) is 18.0. The number of halogens is 3. The van der Waals surface area contributed by atoms with Crippen LogP contribution in [0.15, 0.2) is 39.9 Å². The summed E-state index contributed by atoms with van der Waals surface area (Å²) in [5.41, 5.74) is 0.239. The van der Waals surface area contributed by atoms with Gasteiger partial charge in [-0.1, -0.05) is 5.16 Å². The first kappa shape index (κ1) is 23.5. The molecule has 32 heavy (non-hydrogen) atoms. The zero-order chi connectivity index (χ0) is 23.9. The molecule has 1 aromatic carbocycles. The van der Waals surface area contributed by atoms with Crippen LogP contribution in [0.5, 0.6) is 0 Å². The molecule has 0 unspecified atom stereocenters. The van der Waals surface area contributed by atoms with E-state index in [1.54, 1.807) is 13.8 Å². The normalized spacial score (nSPS) is 12.6. The molecule has 0 saturated heterocycles. The van der Waals surface area contributed by atoms with Crippen LogP contribution in [0.1, 0.15) is 37.6 Å². The Balaban J connectivity index is 1.98. The topological polar surface area (TPSA) is 110 Å². The maximum absolute atomic E-state index is 13.4. The van der Waals surface area contributed by atoms with E-state index in [4.69, 9.17) is 4.52 Å². The van der Waals surface area contributed by atoms with Crippen LogP contribution in [0, 0.1) is 13.8 Å². The van der Waals surface area contributed by atoms with Crippen LogP contribution in [-0.4, -0.2) is 28.3 Å². The maximum Gasteiger partial charge on any atom is 0.416 e. The monoisotopic (exact) mass is 469 g/mol. The molecule has 0 aliphatic rings. The Hall–Kier alpha value is -3.15. The number of hydrogen-bond acceptors (Lipinski definition) is 8. The Morgan fingerprint density at radius 2 is 1.72 bits per heavy atom. The summed E-state index contributed by atoms with van der Waals surface area (Å²) in [5.74, 6) is 0.628. The van der Waals surface area contributed by atoms with Gasteiger partial charge in [-0.3, -0.25) is 0 Å². The summed E-state index contributed by atoms with van der Waals surface area (Å²) in [5, 5.41) is 9.40. The van der Waals surface area contributed by atoms with Crippen molar-refractivity contribution in [1.82, 2.24) is 15.1 Å². The van der Waals surface area contributed by atoms with Crippen LogP contribution in [0.2, 0.25) is 0 Å². The average Bonchev–Trinajstić information content (AvgIpc) is 2.98. The molecule has 3 aromatic rings. The fraction of sp³-hybridized carbons (Fsp3) is 0.350. The van der Waals surface area contributed by atoms with Crippen LogP contribution in [-0.2, 0) is 16.0 Å². The molecule has 172 valence electrons. The molecule has 0 bridgehead atoms. The van der Waals surface area contributed by atoms with Crippen LogP contribution in [0.3, 0.4) is 0 Å². The fourth-order valence-corrected chi connectivity index (χ4v) is 3.88. The standard InChI is InChI=1S/C20H22F3N5O3S/c1-11-12(2)28-31-17(11)26-16-6-7-24-18(27-16)25-14-8-13(20(21,22)23)9-15(10-14)32(29,30)19(3,4)5/h6-10H,1-5H3,(H2,24,25,26,27). The van der Waals surface area contributed by atoms with E-state index in [1.807, 2.05) is 0 Å². The lowest BCUT2D eigenvalue weighted by Gasteiger charge is -2.21. The van der Waals surface area contributed by atoms with Crippen LogP contribution in [0.25, 0.3) is 0 Å². The van der Waals surface area contributed by atoms with Crippen LogP contribution < -0.4 is 10.6 Å². The molecule has 2 heterocycles. The van der Waals surface area contributed by atoms with Gasteiger partial charge in [0.05, 0.1) is 20.9 Å². The third-order valence-electron chi connectivity index (χ3n) is 4.66. The average molecular weight is 469 g/mol. The third-order valence-corrected chi connectivity index (χ3v) is 7.13. The van der Waals surface area contributed by atoms with Crippen LogP contribution >= 0.6 is 0 Å². The summed E-state index contributed by atoms with van der Waals surface area (Å²) < 4.78 is 69.7. The Bertz CT molecular complexity index is 1250. The molecule has 0 atom stereocenters. The minimum Gasteiger partial charge on any atom is -0.338 e. The SMILES string of the molecule is Cc1noc(Nc2ccnc(Nc3cc(C(F)(F)F)cc(S(=O)(=O)C(C)(C)C)c3)n2)c1C. The second-order valence-corrected chi connectivity index (χ2v) is 10.8. The summed E-state index contributed by atoms with van der Waals surface area (Å²) >= 11 is 0. The lowest BCUT2D eigenvalue weighted by Crippen LogP contribution is -2.28. The lowest BCUT2D eigenvalue weighted by molar-refractivity contribution is -0.137. The molecule has 0 saturated carbocycles. The number of aromatic nitrogens is 3. The number of hydrogen-bond donors (Lipinski definition) is 2. The molecule has 0 fully saturated rings. The number of nitrogens with zero attached hydrogens (tertiary/aromatic N) is 3. The lowest BCUT2D eigenvalue weighted by atomic mass is 10.2. The van der Waals surface area contributed by atoms with Gasteiger partial charge in [-0.25, -0.2) is 13.4 Å². The van der Waals surface area contributed by atoms with E-state index in [-0.39, 0.29) is 11.6 Å². The van der Waals surface area contributed by atoms with Crippen molar-refractivity contribution in [1.29, 1.82) is 0 Å². The minimum absolute atomic E-state index is 0.0395. The van der Waals surface area contributed by atoms with Crippen molar-refractivity contribution in [2.75, 3.05) is 10.6 Å². The number of aryl methyl sites for hydroxylation is 1. The van der Waals surface area contributed by atoms with Crippen molar-refractivity contribution in [2.45, 2.75) is 50.4 Å². The van der Waals surface area contributed by atoms with Gasteiger partial charge in [0.1, 0.15) is 5.82 Å². The molecule has 0 amide bonds. The summed E-state index contributed by atoms with van der Waals surface area (Å²) in [6, 6.07) is 4.09. The summed E-state index contributed by atoms with van der Waals surface area (Å²) in [4.78, 5) is 7.74. The number of rotatable bonds is 5. The molecule has 8 nitrogen and oxygen atoms in total. The Morgan fingerprint density at radius 3 is 2.28 bits per heavy atom. The molecule has 0 spiro atoms. The molecule has 2 N–H and O–H groups in total. The Morgan fingerprint density at radius 1 is 1.03 bits per heavy atom. The van der Waals surface area contributed by atoms with E-state index in [0.29, 0.717) is 23.5 Å². The first-order valence-electron chi connectivity index (χ1n) is 9.45. The summed E-state index contributed by atoms with van der Waals surface area (Å²) in [6.45, 7) is 7.83. The number of anilines is 4. The molecular formula is C20H22F3N5O3S. The highest BCUT2D eigenvalue weighted by Gasteiger charge is 2.36. The molecule has 12 heteroatoms. The third kappa shape index (κ3) is 4.85. The summed E-state index contributed by atoms with van der Waals surface area (Å²) in [6.07, 6.45) is -3.36. The van der Waals surface area contributed by atoms with Gasteiger partial charge in [-0.05, 0) is 58.9 Å². The minimum atomic E-state index is -4.74. The van der Waals surface area contributed by atoms with Gasteiger partial charge >= 0.3 is 6.18 Å². The maximum atomic E-state index is 13.4. The van der Waals surface area contributed by atoms with Gasteiger partial charge in [0.2, 0.25) is 11.8 Å². The van der Waals surface area contributed by atoms with Gasteiger partial charge in [-0.15, -0.1) is 0 Å². The van der Waals surface area contributed by atoms with E-state index in [9.17, 15) is 21.6 Å². The molecular weight excluding hydrogens is 447 g/mol. The van der Waals surface area contributed by atoms with Gasteiger partial charge in [0.25, 0.3) is 0 Å². The van der Waals surface area contributed by atoms with E-state index < -0.39 is 31.2 Å². The van der Waals surface area contributed by atoms with Crippen molar-refractivity contribution in [3.8, 4) is 0 Å². The van der Waals surface area contributed by atoms with Gasteiger partial charge in [0, 0.05) is 17.4 Å². The van der Waals surface area contributed by atoms with Crippen molar-refractivity contribution in [3.05, 3.63) is 47.3 Å². The van der Waals surface area contributed by atoms with Gasteiger partial charge < -0.3 is 15.2 Å². The van der Waals surface area contributed by atoms with E-state index in [0.717, 1.165) is 17.7 Å². The Kier molecular flexibility index (Phi) is 5.94. The molecule has 0 aliphatic carbocycles. The highest BCUT2D eigenvalue weighted by molar-refractivity contribution is 7.92. The van der Waals surface area contributed by atoms with Crippen molar-refractivity contribution >= 4 is 33.2 Å². The van der Waals surface area contributed by atoms with Crippen LogP contribution in [0.4, 0.5) is 36.5 Å². The highest BCUT2D eigenvalue weighted by atomic mass is 32.2. The van der Waals surface area contributed by atoms with E-state index in [2.05, 4.69) is 25.8 Å². The van der Waals surface area contributed by atoms with Gasteiger partial charge in [-0.2, -0.15) is 18.2 Å². The first-order chi connectivity index (χ1) is 14.7. The number of nitrogens with one attached hydrogen (secondary N) is 2. The fourth-order valence-electron chi connectivity index (χ4n) is 2.61. The van der Waals surface area contributed by atoms with Crippen molar-refractivity contribution < 1.29 is 26.1 Å². The zero-order valence-corrected chi connectivity index (χ0v) is 18.8. The second kappa shape index (κ2) is 8.08. The highest BCUT2D eigenvalue weighted by Crippen LogP contribution is 2.36.